The Morgan fingerprint density at radius 2 is 2.07 bits per heavy atom. The molecule has 0 aliphatic heterocycles. The van der Waals surface area contributed by atoms with Crippen molar-refractivity contribution < 1.29 is 19.4 Å². The summed E-state index contributed by atoms with van der Waals surface area (Å²) in [4.78, 5) is 11.0. The molecule has 0 saturated heterocycles. The van der Waals surface area contributed by atoms with Crippen LogP contribution in [0.4, 0.5) is 0 Å². The fourth-order valence-electron chi connectivity index (χ4n) is 1.32. The van der Waals surface area contributed by atoms with Gasteiger partial charge in [0.25, 0.3) is 0 Å². The summed E-state index contributed by atoms with van der Waals surface area (Å²) in [6.07, 6.45) is 0. The van der Waals surface area contributed by atoms with Crippen LogP contribution in [0.5, 0.6) is 11.5 Å². The molecule has 1 aromatic rings. The van der Waals surface area contributed by atoms with Crippen molar-refractivity contribution in [2.75, 3.05) is 14.2 Å². The quantitative estimate of drug-likeness (QED) is 0.806. The van der Waals surface area contributed by atoms with Gasteiger partial charge in [-0.2, -0.15) is 0 Å². The van der Waals surface area contributed by atoms with Crippen LogP contribution in [0.2, 0.25) is 0 Å². The van der Waals surface area contributed by atoms with Crippen molar-refractivity contribution >= 4 is 17.6 Å². The van der Waals surface area contributed by atoms with E-state index in [-0.39, 0.29) is 22.9 Å². The highest BCUT2D eigenvalue weighted by atomic mass is 35.5. The first kappa shape index (κ1) is 11.7. The van der Waals surface area contributed by atoms with Crippen molar-refractivity contribution in [3.8, 4) is 11.5 Å². The van der Waals surface area contributed by atoms with E-state index < -0.39 is 5.97 Å². The molecule has 1 aromatic carbocycles. The maximum absolute atomic E-state index is 11.0. The largest absolute Gasteiger partial charge is 0.496 e. The van der Waals surface area contributed by atoms with E-state index in [0.29, 0.717) is 5.56 Å². The Hall–Kier alpha value is -1.42. The van der Waals surface area contributed by atoms with Gasteiger partial charge < -0.3 is 14.6 Å². The van der Waals surface area contributed by atoms with Crippen LogP contribution in [0, 0.1) is 0 Å². The molecule has 0 saturated carbocycles. The second kappa shape index (κ2) is 4.89. The van der Waals surface area contributed by atoms with Gasteiger partial charge in [0, 0.05) is 5.56 Å². The number of carboxylic acids is 1. The lowest BCUT2D eigenvalue weighted by molar-refractivity contribution is 0.0689. The lowest BCUT2D eigenvalue weighted by atomic mass is 10.1. The first-order chi connectivity index (χ1) is 7.15. The van der Waals surface area contributed by atoms with Crippen LogP contribution < -0.4 is 9.47 Å². The summed E-state index contributed by atoms with van der Waals surface area (Å²) in [6.45, 7) is 0. The summed E-state index contributed by atoms with van der Waals surface area (Å²) in [6, 6.07) is 3.24. The van der Waals surface area contributed by atoms with Crippen LogP contribution in [0.25, 0.3) is 0 Å². The molecule has 0 atom stereocenters. The molecule has 0 spiro atoms. The summed E-state index contributed by atoms with van der Waals surface area (Å²) >= 11 is 5.67. The molecule has 0 fully saturated rings. The summed E-state index contributed by atoms with van der Waals surface area (Å²) in [5, 5.41) is 9.03. The van der Waals surface area contributed by atoms with Crippen molar-refractivity contribution in [3.63, 3.8) is 0 Å². The standard InChI is InChI=1S/C10H11ClO4/c1-14-7-4-3-6(5-11)9(15-2)8(7)10(12)13/h3-4H,5H2,1-2H3,(H,12,13). The van der Waals surface area contributed by atoms with E-state index in [9.17, 15) is 4.79 Å². The van der Waals surface area contributed by atoms with E-state index in [1.54, 1.807) is 12.1 Å². The molecule has 0 heterocycles. The average Bonchev–Trinajstić information content (AvgIpc) is 2.26. The Morgan fingerprint density at radius 3 is 2.47 bits per heavy atom. The highest BCUT2D eigenvalue weighted by Gasteiger charge is 2.20. The van der Waals surface area contributed by atoms with Gasteiger partial charge in [0.05, 0.1) is 20.1 Å². The van der Waals surface area contributed by atoms with Gasteiger partial charge in [-0.25, -0.2) is 4.79 Å². The number of benzene rings is 1. The number of aromatic carboxylic acids is 1. The Kier molecular flexibility index (Phi) is 3.80. The highest BCUT2D eigenvalue weighted by molar-refractivity contribution is 6.17. The van der Waals surface area contributed by atoms with Gasteiger partial charge in [0.15, 0.2) is 0 Å². The second-order valence-corrected chi connectivity index (χ2v) is 3.04. The van der Waals surface area contributed by atoms with E-state index in [0.717, 1.165) is 0 Å². The average molecular weight is 231 g/mol. The molecule has 0 unspecified atom stereocenters. The minimum Gasteiger partial charge on any atom is -0.496 e. The number of hydrogen-bond acceptors (Lipinski definition) is 3. The van der Waals surface area contributed by atoms with Gasteiger partial charge in [-0.1, -0.05) is 6.07 Å². The van der Waals surface area contributed by atoms with Crippen molar-refractivity contribution in [1.82, 2.24) is 0 Å². The zero-order chi connectivity index (χ0) is 11.4. The topological polar surface area (TPSA) is 55.8 Å². The molecule has 82 valence electrons. The summed E-state index contributed by atoms with van der Waals surface area (Å²) in [5.41, 5.74) is 0.621. The van der Waals surface area contributed by atoms with Gasteiger partial charge in [0.2, 0.25) is 0 Å². The molecule has 1 rings (SSSR count). The van der Waals surface area contributed by atoms with Gasteiger partial charge >= 0.3 is 5.97 Å². The Morgan fingerprint density at radius 1 is 1.40 bits per heavy atom. The predicted octanol–water partition coefficient (Wildman–Crippen LogP) is 2.14. The fourth-order valence-corrected chi connectivity index (χ4v) is 1.53. The zero-order valence-electron chi connectivity index (χ0n) is 8.41. The third-order valence-corrected chi connectivity index (χ3v) is 2.27. The number of carboxylic acid groups (broad SMARTS) is 1. The lowest BCUT2D eigenvalue weighted by Crippen LogP contribution is -2.05. The molecule has 0 aliphatic rings. The Bertz CT molecular complexity index is 376. The number of halogens is 1. The number of alkyl halides is 1. The second-order valence-electron chi connectivity index (χ2n) is 2.77. The molecule has 1 N–H and O–H groups in total. The van der Waals surface area contributed by atoms with Crippen LogP contribution in [-0.4, -0.2) is 25.3 Å². The zero-order valence-corrected chi connectivity index (χ0v) is 9.17. The first-order valence-corrected chi connectivity index (χ1v) is 4.72. The Labute approximate surface area is 92.4 Å². The van der Waals surface area contributed by atoms with E-state index in [1.165, 1.54) is 14.2 Å². The lowest BCUT2D eigenvalue weighted by Gasteiger charge is -2.12. The number of rotatable bonds is 4. The molecule has 0 aromatic heterocycles. The predicted molar refractivity (Wildman–Crippen MR) is 56.1 cm³/mol. The van der Waals surface area contributed by atoms with Crippen LogP contribution in [0.15, 0.2) is 12.1 Å². The van der Waals surface area contributed by atoms with Crippen molar-refractivity contribution in [1.29, 1.82) is 0 Å². The molecule has 0 radical (unpaired) electrons. The number of hydrogen-bond donors (Lipinski definition) is 1. The maximum atomic E-state index is 11.0. The third kappa shape index (κ3) is 2.15. The van der Waals surface area contributed by atoms with E-state index in [2.05, 4.69) is 0 Å². The van der Waals surface area contributed by atoms with Gasteiger partial charge in [-0.3, -0.25) is 0 Å². The maximum Gasteiger partial charge on any atom is 0.343 e. The van der Waals surface area contributed by atoms with Crippen LogP contribution >= 0.6 is 11.6 Å². The molecule has 5 heteroatoms. The fraction of sp³-hybridized carbons (Fsp3) is 0.300. The molecule has 4 nitrogen and oxygen atoms in total. The van der Waals surface area contributed by atoms with E-state index in [4.69, 9.17) is 26.2 Å². The molecule has 15 heavy (non-hydrogen) atoms. The molecule has 0 aliphatic carbocycles. The SMILES string of the molecule is COc1ccc(CCl)c(OC)c1C(=O)O. The summed E-state index contributed by atoms with van der Waals surface area (Å²) < 4.78 is 9.97. The normalized spacial score (nSPS) is 9.80. The van der Waals surface area contributed by atoms with Crippen molar-refractivity contribution in [3.05, 3.63) is 23.3 Å². The number of ether oxygens (including phenoxy) is 2. The van der Waals surface area contributed by atoms with Crippen molar-refractivity contribution in [2.24, 2.45) is 0 Å². The highest BCUT2D eigenvalue weighted by Crippen LogP contribution is 2.32. The Balaban J connectivity index is 3.44. The van der Waals surface area contributed by atoms with Crippen LogP contribution in [0.3, 0.4) is 0 Å². The van der Waals surface area contributed by atoms with Crippen molar-refractivity contribution in [2.45, 2.75) is 5.88 Å². The molecular weight excluding hydrogens is 220 g/mol. The van der Waals surface area contributed by atoms with Crippen LogP contribution in [-0.2, 0) is 5.88 Å². The summed E-state index contributed by atoms with van der Waals surface area (Å²) in [7, 11) is 2.80. The number of methoxy groups -OCH3 is 2. The number of carbonyl (C=O) groups is 1. The van der Waals surface area contributed by atoms with Gasteiger partial charge in [-0.05, 0) is 6.07 Å². The van der Waals surface area contributed by atoms with Gasteiger partial charge in [0.1, 0.15) is 17.1 Å². The smallest absolute Gasteiger partial charge is 0.343 e. The first-order valence-electron chi connectivity index (χ1n) is 4.18. The van der Waals surface area contributed by atoms with E-state index in [1.807, 2.05) is 0 Å². The third-order valence-electron chi connectivity index (χ3n) is 1.98. The van der Waals surface area contributed by atoms with Gasteiger partial charge in [-0.15, -0.1) is 11.6 Å². The minimum atomic E-state index is -1.10. The molecule has 0 amide bonds. The monoisotopic (exact) mass is 230 g/mol. The minimum absolute atomic E-state index is 0.00171. The van der Waals surface area contributed by atoms with Crippen LogP contribution in [0.1, 0.15) is 15.9 Å². The van der Waals surface area contributed by atoms with E-state index >= 15 is 0 Å². The molecular formula is C10H11ClO4. The molecule has 0 bridgehead atoms. The summed E-state index contributed by atoms with van der Waals surface area (Å²) in [5.74, 6) is -0.409.